The lowest BCUT2D eigenvalue weighted by atomic mass is 9.75. The number of hydrogen-bond donors (Lipinski definition) is 2. The number of hydrogen-bond acceptors (Lipinski definition) is 2. The molecule has 1 fully saturated rings. The van der Waals surface area contributed by atoms with Crippen LogP contribution in [0.25, 0.3) is 0 Å². The van der Waals surface area contributed by atoms with E-state index in [1.807, 2.05) is 12.1 Å². The minimum atomic E-state index is -0.697. The van der Waals surface area contributed by atoms with Gasteiger partial charge in [0.2, 0.25) is 0 Å². The smallest absolute Gasteiger partial charge is 0.307 e. The summed E-state index contributed by atoms with van der Waals surface area (Å²) in [6, 6.07) is 6.92. The zero-order chi connectivity index (χ0) is 11.5. The minimum absolute atomic E-state index is 0.104. The second-order valence-corrected chi connectivity index (χ2v) is 4.43. The molecule has 0 spiro atoms. The Morgan fingerprint density at radius 3 is 2.38 bits per heavy atom. The maximum absolute atomic E-state index is 11.2. The van der Waals surface area contributed by atoms with Crippen molar-refractivity contribution in [2.24, 2.45) is 5.92 Å². The lowest BCUT2D eigenvalue weighted by Crippen LogP contribution is -2.25. The van der Waals surface area contributed by atoms with Gasteiger partial charge in [0.05, 0.1) is 5.92 Å². The molecule has 2 N–H and O–H groups in total. The van der Waals surface area contributed by atoms with Crippen LogP contribution in [0.4, 0.5) is 0 Å². The van der Waals surface area contributed by atoms with E-state index in [0.29, 0.717) is 0 Å². The Bertz CT molecular complexity index is 369. The highest BCUT2D eigenvalue weighted by Crippen LogP contribution is 2.38. The van der Waals surface area contributed by atoms with Crippen molar-refractivity contribution in [2.45, 2.75) is 31.6 Å². The summed E-state index contributed by atoms with van der Waals surface area (Å²) < 4.78 is 0. The molecule has 2 rings (SSSR count). The molecule has 16 heavy (non-hydrogen) atoms. The van der Waals surface area contributed by atoms with Gasteiger partial charge in [0.1, 0.15) is 5.75 Å². The molecule has 0 aromatic heterocycles. The molecule has 1 aliphatic carbocycles. The molecule has 1 aliphatic rings. The van der Waals surface area contributed by atoms with Crippen LogP contribution < -0.4 is 0 Å². The van der Waals surface area contributed by atoms with Crippen molar-refractivity contribution in [3.63, 3.8) is 0 Å². The maximum atomic E-state index is 11.2. The Labute approximate surface area is 94.7 Å². The highest BCUT2D eigenvalue weighted by molar-refractivity contribution is 5.71. The molecule has 0 heterocycles. The standard InChI is InChI=1S/C13H16O3/c14-10-7-5-9(6-8-10)11-3-1-2-4-12(11)13(15)16/h5-8,11-12,14H,1-4H2,(H,15,16). The Balaban J connectivity index is 2.23. The summed E-state index contributed by atoms with van der Waals surface area (Å²) in [5, 5.41) is 18.4. The van der Waals surface area contributed by atoms with Crippen LogP contribution in [0.3, 0.4) is 0 Å². The van der Waals surface area contributed by atoms with Gasteiger partial charge in [-0.1, -0.05) is 25.0 Å². The predicted molar refractivity (Wildman–Crippen MR) is 60.4 cm³/mol. The number of rotatable bonds is 2. The Morgan fingerprint density at radius 2 is 1.75 bits per heavy atom. The molecular formula is C13H16O3. The van der Waals surface area contributed by atoms with Crippen LogP contribution in [-0.2, 0) is 4.79 Å². The van der Waals surface area contributed by atoms with Gasteiger partial charge in [0, 0.05) is 0 Å². The second kappa shape index (κ2) is 4.56. The maximum Gasteiger partial charge on any atom is 0.307 e. The summed E-state index contributed by atoms with van der Waals surface area (Å²) in [4.78, 5) is 11.2. The molecule has 0 amide bonds. The lowest BCUT2D eigenvalue weighted by molar-refractivity contribution is -0.143. The second-order valence-electron chi connectivity index (χ2n) is 4.43. The molecule has 1 aromatic rings. The van der Waals surface area contributed by atoms with Gasteiger partial charge >= 0.3 is 5.97 Å². The van der Waals surface area contributed by atoms with Crippen molar-refractivity contribution in [1.29, 1.82) is 0 Å². The van der Waals surface area contributed by atoms with Crippen LogP contribution in [-0.4, -0.2) is 16.2 Å². The largest absolute Gasteiger partial charge is 0.508 e. The number of benzene rings is 1. The third kappa shape index (κ3) is 2.18. The number of carboxylic acids is 1. The quantitative estimate of drug-likeness (QED) is 0.805. The monoisotopic (exact) mass is 220 g/mol. The van der Waals surface area contributed by atoms with E-state index in [-0.39, 0.29) is 17.6 Å². The van der Waals surface area contributed by atoms with E-state index in [4.69, 9.17) is 0 Å². The van der Waals surface area contributed by atoms with Crippen molar-refractivity contribution < 1.29 is 15.0 Å². The van der Waals surface area contributed by atoms with E-state index >= 15 is 0 Å². The van der Waals surface area contributed by atoms with Gasteiger partial charge < -0.3 is 10.2 Å². The van der Waals surface area contributed by atoms with Gasteiger partial charge in [0.15, 0.2) is 0 Å². The molecule has 0 saturated heterocycles. The summed E-state index contributed by atoms with van der Waals surface area (Å²) in [5.74, 6) is -0.630. The molecular weight excluding hydrogens is 204 g/mol. The number of aromatic hydroxyl groups is 1. The van der Waals surface area contributed by atoms with Gasteiger partial charge in [-0.05, 0) is 36.5 Å². The summed E-state index contributed by atoms with van der Waals surface area (Å²) in [6.07, 6.45) is 3.80. The van der Waals surface area contributed by atoms with Gasteiger partial charge in [-0.2, -0.15) is 0 Å². The van der Waals surface area contributed by atoms with Crippen LogP contribution in [0.15, 0.2) is 24.3 Å². The topological polar surface area (TPSA) is 57.5 Å². The predicted octanol–water partition coefficient (Wildman–Crippen LogP) is 2.75. The zero-order valence-electron chi connectivity index (χ0n) is 9.10. The fourth-order valence-electron chi connectivity index (χ4n) is 2.55. The van der Waals surface area contributed by atoms with E-state index in [1.165, 1.54) is 0 Å². The van der Waals surface area contributed by atoms with Crippen LogP contribution in [0, 0.1) is 5.92 Å². The molecule has 1 aromatic carbocycles. The van der Waals surface area contributed by atoms with Gasteiger partial charge in [-0.25, -0.2) is 0 Å². The Morgan fingerprint density at radius 1 is 1.12 bits per heavy atom. The van der Waals surface area contributed by atoms with Crippen molar-refractivity contribution in [3.8, 4) is 5.75 Å². The molecule has 86 valence electrons. The van der Waals surface area contributed by atoms with Crippen LogP contribution >= 0.6 is 0 Å². The number of aliphatic carboxylic acids is 1. The van der Waals surface area contributed by atoms with Crippen molar-refractivity contribution in [2.75, 3.05) is 0 Å². The molecule has 3 heteroatoms. The summed E-state index contributed by atoms with van der Waals surface area (Å²) in [7, 11) is 0. The molecule has 1 saturated carbocycles. The first kappa shape index (κ1) is 11.0. The van der Waals surface area contributed by atoms with Gasteiger partial charge in [-0.15, -0.1) is 0 Å². The molecule has 2 atom stereocenters. The number of phenols is 1. The van der Waals surface area contributed by atoms with Crippen molar-refractivity contribution >= 4 is 5.97 Å². The number of phenolic OH excluding ortho intramolecular Hbond substituents is 1. The Hall–Kier alpha value is -1.51. The van der Waals surface area contributed by atoms with Crippen molar-refractivity contribution in [3.05, 3.63) is 29.8 Å². The summed E-state index contributed by atoms with van der Waals surface area (Å²) in [5.41, 5.74) is 1.03. The SMILES string of the molecule is O=C(O)C1CCCCC1c1ccc(O)cc1. The van der Waals surface area contributed by atoms with E-state index in [9.17, 15) is 15.0 Å². The highest BCUT2D eigenvalue weighted by Gasteiger charge is 2.31. The van der Waals surface area contributed by atoms with E-state index in [1.54, 1.807) is 12.1 Å². The van der Waals surface area contributed by atoms with Gasteiger partial charge in [-0.3, -0.25) is 4.79 Å². The van der Waals surface area contributed by atoms with Crippen LogP contribution in [0.2, 0.25) is 0 Å². The van der Waals surface area contributed by atoms with Crippen molar-refractivity contribution in [1.82, 2.24) is 0 Å². The molecule has 3 nitrogen and oxygen atoms in total. The first-order valence-electron chi connectivity index (χ1n) is 5.70. The average Bonchev–Trinajstić information content (AvgIpc) is 2.30. The summed E-state index contributed by atoms with van der Waals surface area (Å²) in [6.45, 7) is 0. The Kier molecular flexibility index (Phi) is 3.13. The fourth-order valence-corrected chi connectivity index (χ4v) is 2.55. The first-order valence-corrected chi connectivity index (χ1v) is 5.70. The highest BCUT2D eigenvalue weighted by atomic mass is 16.4. The fraction of sp³-hybridized carbons (Fsp3) is 0.462. The summed E-state index contributed by atoms with van der Waals surface area (Å²) >= 11 is 0. The molecule has 0 radical (unpaired) electrons. The minimum Gasteiger partial charge on any atom is -0.508 e. The number of carboxylic acid groups (broad SMARTS) is 1. The van der Waals surface area contributed by atoms with E-state index < -0.39 is 5.97 Å². The van der Waals surface area contributed by atoms with E-state index in [2.05, 4.69) is 0 Å². The lowest BCUT2D eigenvalue weighted by Gasteiger charge is -2.28. The zero-order valence-corrected chi connectivity index (χ0v) is 9.10. The average molecular weight is 220 g/mol. The number of carbonyl (C=O) groups is 1. The normalized spacial score (nSPS) is 25.2. The molecule has 0 bridgehead atoms. The van der Waals surface area contributed by atoms with Gasteiger partial charge in [0.25, 0.3) is 0 Å². The third-order valence-corrected chi connectivity index (χ3v) is 3.40. The first-order chi connectivity index (χ1) is 7.68. The third-order valence-electron chi connectivity index (χ3n) is 3.40. The van der Waals surface area contributed by atoms with Crippen LogP contribution in [0.5, 0.6) is 5.75 Å². The van der Waals surface area contributed by atoms with Crippen LogP contribution in [0.1, 0.15) is 37.2 Å². The molecule has 0 aliphatic heterocycles. The van der Waals surface area contributed by atoms with E-state index in [0.717, 1.165) is 31.2 Å². The molecule has 2 unspecified atom stereocenters.